The van der Waals surface area contributed by atoms with Crippen LogP contribution in [-0.4, -0.2) is 29.6 Å². The molecule has 0 fully saturated rings. The minimum atomic E-state index is -0.571. The van der Waals surface area contributed by atoms with E-state index in [0.717, 1.165) is 12.1 Å². The number of carbonyl (C=O) groups is 1. The van der Waals surface area contributed by atoms with Gasteiger partial charge in [0.25, 0.3) is 5.56 Å². The third-order valence-electron chi connectivity index (χ3n) is 3.74. The van der Waals surface area contributed by atoms with Crippen LogP contribution in [-0.2, 0) is 17.7 Å². The van der Waals surface area contributed by atoms with Crippen molar-refractivity contribution in [3.05, 3.63) is 45.9 Å². The average molecular weight is 288 g/mol. The highest BCUT2D eigenvalue weighted by Crippen LogP contribution is 2.22. The van der Waals surface area contributed by atoms with Gasteiger partial charge in [-0.15, -0.1) is 0 Å². The lowest BCUT2D eigenvalue weighted by molar-refractivity contribution is 0.0598. The zero-order chi connectivity index (χ0) is 15.0. The van der Waals surface area contributed by atoms with Crippen LogP contribution in [0.15, 0.2) is 29.1 Å². The smallest absolute Gasteiger partial charge is 0.345 e. The van der Waals surface area contributed by atoms with Crippen LogP contribution in [0.25, 0.3) is 5.69 Å². The summed E-state index contributed by atoms with van der Waals surface area (Å²) < 4.78 is 13.3. The molecule has 1 aromatic heterocycles. The third kappa shape index (κ3) is 2.03. The van der Waals surface area contributed by atoms with E-state index in [0.29, 0.717) is 24.4 Å². The predicted molar refractivity (Wildman–Crippen MR) is 76.2 cm³/mol. The average Bonchev–Trinajstić information content (AvgIpc) is 3.06. The Kier molecular flexibility index (Phi) is 3.29. The molecular weight excluding hydrogens is 272 g/mol. The fourth-order valence-corrected chi connectivity index (χ4v) is 2.76. The molecule has 0 aliphatic carbocycles. The van der Waals surface area contributed by atoms with Crippen molar-refractivity contribution in [3.8, 4) is 11.4 Å². The Hall–Kier alpha value is -2.50. The van der Waals surface area contributed by atoms with E-state index in [1.807, 2.05) is 4.68 Å². The number of nitrogens with zero attached hydrogens (tertiary/aromatic N) is 2. The highest BCUT2D eigenvalue weighted by molar-refractivity contribution is 5.90. The molecule has 0 atom stereocenters. The number of benzene rings is 1. The van der Waals surface area contributed by atoms with Crippen LogP contribution >= 0.6 is 0 Å². The van der Waals surface area contributed by atoms with E-state index in [1.54, 1.807) is 31.4 Å². The van der Waals surface area contributed by atoms with Gasteiger partial charge in [0.2, 0.25) is 0 Å². The maximum absolute atomic E-state index is 12.6. The van der Waals surface area contributed by atoms with Crippen molar-refractivity contribution in [1.82, 2.24) is 9.36 Å². The Labute approximate surface area is 121 Å². The SMILES string of the molecule is COC(=O)c1c2n(n(-c3ccc(OC)cc3)c1=O)CCC2. The van der Waals surface area contributed by atoms with Crippen molar-refractivity contribution in [3.63, 3.8) is 0 Å². The van der Waals surface area contributed by atoms with Gasteiger partial charge in [-0.25, -0.2) is 9.48 Å². The van der Waals surface area contributed by atoms with Gasteiger partial charge < -0.3 is 9.47 Å². The Morgan fingerprint density at radius 1 is 1.19 bits per heavy atom. The summed E-state index contributed by atoms with van der Waals surface area (Å²) >= 11 is 0. The van der Waals surface area contributed by atoms with E-state index in [-0.39, 0.29) is 11.1 Å². The first-order chi connectivity index (χ1) is 10.2. The van der Waals surface area contributed by atoms with Gasteiger partial charge in [-0.05, 0) is 37.1 Å². The molecule has 0 saturated heterocycles. The van der Waals surface area contributed by atoms with Crippen molar-refractivity contribution in [2.45, 2.75) is 19.4 Å². The molecule has 0 saturated carbocycles. The van der Waals surface area contributed by atoms with Gasteiger partial charge in [0.15, 0.2) is 0 Å². The summed E-state index contributed by atoms with van der Waals surface area (Å²) in [5.41, 5.74) is 1.27. The molecule has 0 radical (unpaired) electrons. The van der Waals surface area contributed by atoms with Crippen LogP contribution in [0.3, 0.4) is 0 Å². The zero-order valence-corrected chi connectivity index (χ0v) is 12.0. The van der Waals surface area contributed by atoms with Crippen molar-refractivity contribution in [2.75, 3.05) is 14.2 Å². The number of aromatic nitrogens is 2. The van der Waals surface area contributed by atoms with Crippen molar-refractivity contribution < 1.29 is 14.3 Å². The number of rotatable bonds is 3. The highest BCUT2D eigenvalue weighted by atomic mass is 16.5. The molecule has 1 aliphatic heterocycles. The molecule has 1 aromatic carbocycles. The number of hydrogen-bond donors (Lipinski definition) is 0. The van der Waals surface area contributed by atoms with Crippen molar-refractivity contribution in [2.24, 2.45) is 0 Å². The van der Waals surface area contributed by atoms with E-state index in [4.69, 9.17) is 9.47 Å². The first-order valence-corrected chi connectivity index (χ1v) is 6.74. The minimum Gasteiger partial charge on any atom is -0.497 e. The Balaban J connectivity index is 2.19. The van der Waals surface area contributed by atoms with Gasteiger partial charge in [0.1, 0.15) is 11.3 Å². The molecule has 6 heteroatoms. The highest BCUT2D eigenvalue weighted by Gasteiger charge is 2.29. The lowest BCUT2D eigenvalue weighted by Crippen LogP contribution is -2.24. The monoisotopic (exact) mass is 288 g/mol. The number of fused-ring (bicyclic) bond motifs is 1. The normalized spacial score (nSPS) is 13.0. The molecule has 0 N–H and O–H groups in total. The van der Waals surface area contributed by atoms with Crippen LogP contribution in [0.4, 0.5) is 0 Å². The summed E-state index contributed by atoms with van der Waals surface area (Å²) in [6.45, 7) is 0.716. The van der Waals surface area contributed by atoms with Crippen molar-refractivity contribution >= 4 is 5.97 Å². The molecule has 1 aliphatic rings. The first kappa shape index (κ1) is 13.5. The zero-order valence-electron chi connectivity index (χ0n) is 12.0. The van der Waals surface area contributed by atoms with E-state index >= 15 is 0 Å². The third-order valence-corrected chi connectivity index (χ3v) is 3.74. The maximum atomic E-state index is 12.6. The second-order valence-electron chi connectivity index (χ2n) is 4.85. The molecule has 110 valence electrons. The quantitative estimate of drug-likeness (QED) is 0.801. The summed E-state index contributed by atoms with van der Waals surface area (Å²) in [7, 11) is 2.88. The molecule has 2 aromatic rings. The molecule has 0 amide bonds. The number of hydrogen-bond acceptors (Lipinski definition) is 4. The van der Waals surface area contributed by atoms with E-state index in [1.165, 1.54) is 11.8 Å². The Morgan fingerprint density at radius 2 is 1.90 bits per heavy atom. The first-order valence-electron chi connectivity index (χ1n) is 6.74. The lowest BCUT2D eigenvalue weighted by atomic mass is 10.2. The van der Waals surface area contributed by atoms with E-state index < -0.39 is 5.97 Å². The van der Waals surface area contributed by atoms with Crippen LogP contribution in [0.2, 0.25) is 0 Å². The molecule has 21 heavy (non-hydrogen) atoms. The van der Waals surface area contributed by atoms with Gasteiger partial charge in [-0.2, -0.15) is 0 Å². The van der Waals surface area contributed by atoms with Gasteiger partial charge in [0, 0.05) is 6.54 Å². The summed E-state index contributed by atoms with van der Waals surface area (Å²) in [6.07, 6.45) is 1.62. The summed E-state index contributed by atoms with van der Waals surface area (Å²) in [5.74, 6) is 0.145. The molecule has 2 heterocycles. The summed E-state index contributed by atoms with van der Waals surface area (Å²) in [5, 5.41) is 0. The van der Waals surface area contributed by atoms with E-state index in [2.05, 4.69) is 0 Å². The van der Waals surface area contributed by atoms with Gasteiger partial charge >= 0.3 is 5.97 Å². The standard InChI is InChI=1S/C15H16N2O4/c1-20-11-7-5-10(6-8-11)17-14(18)13(15(19)21-2)12-4-3-9-16(12)17/h5-8H,3-4,9H2,1-2H3. The Bertz CT molecular complexity index is 740. The summed E-state index contributed by atoms with van der Waals surface area (Å²) in [4.78, 5) is 24.4. The van der Waals surface area contributed by atoms with Crippen molar-refractivity contribution in [1.29, 1.82) is 0 Å². The van der Waals surface area contributed by atoms with Crippen LogP contribution in [0.1, 0.15) is 22.5 Å². The molecule has 0 bridgehead atoms. The lowest BCUT2D eigenvalue weighted by Gasteiger charge is -2.09. The summed E-state index contributed by atoms with van der Waals surface area (Å²) in [6, 6.07) is 7.17. The number of carbonyl (C=O) groups excluding carboxylic acids is 1. The number of methoxy groups -OCH3 is 2. The molecule has 3 rings (SSSR count). The predicted octanol–water partition coefficient (Wildman–Crippen LogP) is 1.38. The second kappa shape index (κ2) is 5.12. The molecule has 6 nitrogen and oxygen atoms in total. The Morgan fingerprint density at radius 3 is 2.52 bits per heavy atom. The van der Waals surface area contributed by atoms with E-state index in [9.17, 15) is 9.59 Å². The topological polar surface area (TPSA) is 62.5 Å². The molecule has 0 unspecified atom stereocenters. The minimum absolute atomic E-state index is 0.144. The maximum Gasteiger partial charge on any atom is 0.345 e. The van der Waals surface area contributed by atoms with Gasteiger partial charge in [0.05, 0.1) is 25.6 Å². The molecule has 0 spiro atoms. The second-order valence-corrected chi connectivity index (χ2v) is 4.85. The van der Waals surface area contributed by atoms with Gasteiger partial charge in [-0.3, -0.25) is 9.48 Å². The number of esters is 1. The fourth-order valence-electron chi connectivity index (χ4n) is 2.76. The fraction of sp³-hybridized carbons (Fsp3) is 0.333. The van der Waals surface area contributed by atoms with Crippen LogP contribution < -0.4 is 10.3 Å². The van der Waals surface area contributed by atoms with Crippen LogP contribution in [0.5, 0.6) is 5.75 Å². The van der Waals surface area contributed by atoms with Crippen LogP contribution in [0, 0.1) is 0 Å². The van der Waals surface area contributed by atoms with Gasteiger partial charge in [-0.1, -0.05) is 0 Å². The number of ether oxygens (including phenoxy) is 2. The largest absolute Gasteiger partial charge is 0.497 e. The molecular formula is C15H16N2O4.